The smallest absolute Gasteiger partial charge is 0.00136 e. The summed E-state index contributed by atoms with van der Waals surface area (Å²) in [7, 11) is 0. The fourth-order valence-electron chi connectivity index (χ4n) is 1.53. The third-order valence-corrected chi connectivity index (χ3v) is 2.37. The van der Waals surface area contributed by atoms with Crippen LogP contribution in [0.5, 0.6) is 0 Å². The number of hydrogen-bond donors (Lipinski definition) is 1. The molecule has 2 N–H and O–H groups in total. The van der Waals surface area contributed by atoms with Gasteiger partial charge in [0.2, 0.25) is 0 Å². The summed E-state index contributed by atoms with van der Waals surface area (Å²) in [6, 6.07) is 8.94. The van der Waals surface area contributed by atoms with Gasteiger partial charge in [0.05, 0.1) is 0 Å². The van der Waals surface area contributed by atoms with Gasteiger partial charge in [0.25, 0.3) is 0 Å². The number of aryl methyl sites for hydroxylation is 2. The van der Waals surface area contributed by atoms with Gasteiger partial charge in [-0.1, -0.05) is 31.2 Å². The molecule has 0 fully saturated rings. The van der Waals surface area contributed by atoms with E-state index in [0.717, 1.165) is 19.3 Å². The van der Waals surface area contributed by atoms with Crippen LogP contribution in [0.3, 0.4) is 0 Å². The molecule has 0 radical (unpaired) electrons. The van der Waals surface area contributed by atoms with E-state index in [2.05, 4.69) is 38.1 Å². The Kier molecular flexibility index (Phi) is 3.97. The molecule has 13 heavy (non-hydrogen) atoms. The SMILES string of the molecule is CCc1ccccc1CC[C@H](C)N. The van der Waals surface area contributed by atoms with Gasteiger partial charge in [0.15, 0.2) is 0 Å². The first-order valence-corrected chi connectivity index (χ1v) is 5.06. The maximum atomic E-state index is 5.73. The van der Waals surface area contributed by atoms with Crippen molar-refractivity contribution >= 4 is 0 Å². The Bertz CT molecular complexity index is 253. The van der Waals surface area contributed by atoms with Gasteiger partial charge in [-0.2, -0.15) is 0 Å². The Balaban J connectivity index is 2.64. The molecule has 1 aromatic carbocycles. The molecule has 1 atom stereocenters. The molecule has 1 rings (SSSR count). The van der Waals surface area contributed by atoms with Crippen molar-refractivity contribution in [3.8, 4) is 0 Å². The molecule has 72 valence electrons. The summed E-state index contributed by atoms with van der Waals surface area (Å²) in [5, 5.41) is 0. The van der Waals surface area contributed by atoms with Crippen molar-refractivity contribution in [2.24, 2.45) is 5.73 Å². The van der Waals surface area contributed by atoms with Crippen LogP contribution in [0, 0.1) is 0 Å². The van der Waals surface area contributed by atoms with E-state index in [-0.39, 0.29) is 0 Å². The predicted octanol–water partition coefficient (Wildman–Crippen LogP) is 2.53. The number of rotatable bonds is 4. The molecule has 0 aliphatic carbocycles. The number of benzene rings is 1. The van der Waals surface area contributed by atoms with Gasteiger partial charge in [-0.25, -0.2) is 0 Å². The summed E-state index contributed by atoms with van der Waals surface area (Å²) in [6.07, 6.45) is 3.31. The normalized spacial score (nSPS) is 12.8. The Morgan fingerprint density at radius 2 is 1.85 bits per heavy atom. The van der Waals surface area contributed by atoms with Crippen LogP contribution in [-0.2, 0) is 12.8 Å². The number of hydrogen-bond acceptors (Lipinski definition) is 1. The van der Waals surface area contributed by atoms with E-state index in [0.29, 0.717) is 6.04 Å². The fourth-order valence-corrected chi connectivity index (χ4v) is 1.53. The van der Waals surface area contributed by atoms with Crippen molar-refractivity contribution in [2.75, 3.05) is 0 Å². The summed E-state index contributed by atoms with van der Waals surface area (Å²) in [5.41, 5.74) is 8.65. The van der Waals surface area contributed by atoms with Gasteiger partial charge in [0.1, 0.15) is 0 Å². The lowest BCUT2D eigenvalue weighted by atomic mass is 9.99. The van der Waals surface area contributed by atoms with Crippen LogP contribution in [0.15, 0.2) is 24.3 Å². The van der Waals surface area contributed by atoms with E-state index in [1.165, 1.54) is 11.1 Å². The van der Waals surface area contributed by atoms with E-state index >= 15 is 0 Å². The van der Waals surface area contributed by atoms with Crippen LogP contribution < -0.4 is 5.73 Å². The molecule has 0 aromatic heterocycles. The van der Waals surface area contributed by atoms with E-state index in [1.54, 1.807) is 0 Å². The number of nitrogens with two attached hydrogens (primary N) is 1. The molecule has 0 bridgehead atoms. The van der Waals surface area contributed by atoms with Crippen LogP contribution in [0.1, 0.15) is 31.4 Å². The molecule has 1 aromatic rings. The zero-order valence-electron chi connectivity index (χ0n) is 8.59. The van der Waals surface area contributed by atoms with Gasteiger partial charge in [-0.3, -0.25) is 0 Å². The van der Waals surface area contributed by atoms with Gasteiger partial charge in [-0.05, 0) is 37.3 Å². The lowest BCUT2D eigenvalue weighted by Crippen LogP contribution is -2.15. The summed E-state index contributed by atoms with van der Waals surface area (Å²) in [5.74, 6) is 0. The molecular weight excluding hydrogens is 158 g/mol. The molecule has 0 unspecified atom stereocenters. The first-order valence-electron chi connectivity index (χ1n) is 5.06. The monoisotopic (exact) mass is 177 g/mol. The zero-order chi connectivity index (χ0) is 9.68. The van der Waals surface area contributed by atoms with Crippen LogP contribution in [0.2, 0.25) is 0 Å². The minimum absolute atomic E-state index is 0.310. The molecule has 0 aliphatic heterocycles. The first kappa shape index (κ1) is 10.3. The molecule has 0 saturated carbocycles. The molecule has 0 amide bonds. The Labute approximate surface area is 81.0 Å². The van der Waals surface area contributed by atoms with Gasteiger partial charge < -0.3 is 5.73 Å². The lowest BCUT2D eigenvalue weighted by Gasteiger charge is -2.08. The molecule has 0 saturated heterocycles. The third kappa shape index (κ3) is 3.19. The summed E-state index contributed by atoms with van der Waals surface area (Å²) < 4.78 is 0. The van der Waals surface area contributed by atoms with Crippen LogP contribution >= 0.6 is 0 Å². The van der Waals surface area contributed by atoms with E-state index in [9.17, 15) is 0 Å². The molecule has 0 aliphatic rings. The summed E-state index contributed by atoms with van der Waals surface area (Å²) in [6.45, 7) is 4.26. The van der Waals surface area contributed by atoms with Crippen molar-refractivity contribution in [3.63, 3.8) is 0 Å². The van der Waals surface area contributed by atoms with Gasteiger partial charge in [-0.15, -0.1) is 0 Å². The minimum Gasteiger partial charge on any atom is -0.328 e. The highest BCUT2D eigenvalue weighted by Crippen LogP contribution is 2.12. The second-order valence-corrected chi connectivity index (χ2v) is 3.64. The first-order chi connectivity index (χ1) is 6.24. The maximum Gasteiger partial charge on any atom is 0.00136 e. The average molecular weight is 177 g/mol. The van der Waals surface area contributed by atoms with Crippen molar-refractivity contribution in [1.82, 2.24) is 0 Å². The highest BCUT2D eigenvalue weighted by Gasteiger charge is 2.00. The Morgan fingerprint density at radius 1 is 1.23 bits per heavy atom. The van der Waals surface area contributed by atoms with Crippen LogP contribution in [0.25, 0.3) is 0 Å². The van der Waals surface area contributed by atoms with Gasteiger partial charge in [0, 0.05) is 6.04 Å². The topological polar surface area (TPSA) is 26.0 Å². The van der Waals surface area contributed by atoms with Gasteiger partial charge >= 0.3 is 0 Å². The summed E-state index contributed by atoms with van der Waals surface area (Å²) in [4.78, 5) is 0. The van der Waals surface area contributed by atoms with E-state index < -0.39 is 0 Å². The van der Waals surface area contributed by atoms with E-state index in [1.807, 2.05) is 0 Å². The molecule has 1 heteroatoms. The van der Waals surface area contributed by atoms with Crippen LogP contribution in [-0.4, -0.2) is 6.04 Å². The third-order valence-electron chi connectivity index (χ3n) is 2.37. The fraction of sp³-hybridized carbons (Fsp3) is 0.500. The Morgan fingerprint density at radius 3 is 2.38 bits per heavy atom. The molecule has 1 nitrogen and oxygen atoms in total. The van der Waals surface area contributed by atoms with Crippen molar-refractivity contribution in [2.45, 2.75) is 39.2 Å². The van der Waals surface area contributed by atoms with E-state index in [4.69, 9.17) is 5.73 Å². The highest BCUT2D eigenvalue weighted by molar-refractivity contribution is 5.27. The van der Waals surface area contributed by atoms with Crippen LogP contribution in [0.4, 0.5) is 0 Å². The second-order valence-electron chi connectivity index (χ2n) is 3.64. The zero-order valence-corrected chi connectivity index (χ0v) is 8.59. The highest BCUT2D eigenvalue weighted by atomic mass is 14.6. The maximum absolute atomic E-state index is 5.73. The minimum atomic E-state index is 0.310. The lowest BCUT2D eigenvalue weighted by molar-refractivity contribution is 0.663. The average Bonchev–Trinajstić information content (AvgIpc) is 2.15. The van der Waals surface area contributed by atoms with Crippen molar-refractivity contribution < 1.29 is 0 Å². The van der Waals surface area contributed by atoms with Crippen molar-refractivity contribution in [3.05, 3.63) is 35.4 Å². The summed E-state index contributed by atoms with van der Waals surface area (Å²) >= 11 is 0. The molecular formula is C12H19N. The Hall–Kier alpha value is -0.820. The molecule has 0 spiro atoms. The molecule has 0 heterocycles. The standard InChI is InChI=1S/C12H19N/c1-3-11-6-4-5-7-12(11)9-8-10(2)13/h4-7,10H,3,8-9,13H2,1-2H3/t10-/m0/s1. The van der Waals surface area contributed by atoms with Crippen molar-refractivity contribution in [1.29, 1.82) is 0 Å². The quantitative estimate of drug-likeness (QED) is 0.751. The predicted molar refractivity (Wildman–Crippen MR) is 57.8 cm³/mol. The second kappa shape index (κ2) is 5.03. The largest absolute Gasteiger partial charge is 0.328 e.